The van der Waals surface area contributed by atoms with E-state index in [1.807, 2.05) is 6.07 Å². The zero-order valence-electron chi connectivity index (χ0n) is 14.0. The minimum atomic E-state index is -0.111. The van der Waals surface area contributed by atoms with Gasteiger partial charge in [-0.15, -0.1) is 0 Å². The molecule has 1 atom stereocenters. The summed E-state index contributed by atoms with van der Waals surface area (Å²) in [5.41, 5.74) is 0.532. The lowest BCUT2D eigenvalue weighted by atomic mass is 9.79. The van der Waals surface area contributed by atoms with Gasteiger partial charge in [-0.05, 0) is 37.0 Å². The largest absolute Gasteiger partial charge is 0.371 e. The Morgan fingerprint density at radius 3 is 2.76 bits per heavy atom. The number of nitrogens with one attached hydrogen (secondary N) is 1. The maximum absolute atomic E-state index is 12.1. The first-order valence-corrected chi connectivity index (χ1v) is 8.61. The standard InChI is InChI=1S/C18H21N5O2/c24-16(14-2-8-19-9-3-14)20-10-4-15-5-11-25-18(15)12-23(13-18)17-21-6-1-7-22-17/h1-3,6-9,15H,4-5,10-13H2,(H,20,24)/t15-/m1/s1. The molecule has 0 unspecified atom stereocenters. The second-order valence-electron chi connectivity index (χ2n) is 6.58. The van der Waals surface area contributed by atoms with Crippen LogP contribution in [0.2, 0.25) is 0 Å². The predicted octanol–water partition coefficient (Wildman–Crippen LogP) is 1.29. The second-order valence-corrected chi connectivity index (χ2v) is 6.58. The van der Waals surface area contributed by atoms with Crippen molar-refractivity contribution in [1.82, 2.24) is 20.3 Å². The number of nitrogens with zero attached hydrogens (tertiary/aromatic N) is 4. The SMILES string of the molecule is O=C(NCC[C@@H]1CCOC12CN(c1ncccn1)C2)c1ccncc1. The molecule has 25 heavy (non-hydrogen) atoms. The summed E-state index contributed by atoms with van der Waals surface area (Å²) in [6.45, 7) is 3.07. The summed E-state index contributed by atoms with van der Waals surface area (Å²) in [7, 11) is 0. The van der Waals surface area contributed by atoms with E-state index in [4.69, 9.17) is 4.74 Å². The van der Waals surface area contributed by atoms with E-state index < -0.39 is 0 Å². The van der Waals surface area contributed by atoms with Crippen molar-refractivity contribution in [3.05, 3.63) is 48.5 Å². The first kappa shape index (κ1) is 16.0. The summed E-state index contributed by atoms with van der Waals surface area (Å²) in [6.07, 6.45) is 8.73. The predicted molar refractivity (Wildman–Crippen MR) is 92.2 cm³/mol. The highest BCUT2D eigenvalue weighted by molar-refractivity contribution is 5.93. The molecule has 2 aliphatic rings. The third-order valence-corrected chi connectivity index (χ3v) is 5.07. The van der Waals surface area contributed by atoms with E-state index in [-0.39, 0.29) is 11.5 Å². The van der Waals surface area contributed by atoms with E-state index in [1.54, 1.807) is 36.9 Å². The van der Waals surface area contributed by atoms with Gasteiger partial charge in [0.25, 0.3) is 5.91 Å². The molecule has 2 aromatic rings. The van der Waals surface area contributed by atoms with Crippen molar-refractivity contribution in [3.63, 3.8) is 0 Å². The normalized spacial score (nSPS) is 21.1. The molecule has 2 aliphatic heterocycles. The van der Waals surface area contributed by atoms with E-state index in [9.17, 15) is 4.79 Å². The molecule has 1 spiro atoms. The van der Waals surface area contributed by atoms with Crippen LogP contribution in [0.4, 0.5) is 5.95 Å². The number of rotatable bonds is 5. The van der Waals surface area contributed by atoms with Crippen LogP contribution in [0, 0.1) is 5.92 Å². The van der Waals surface area contributed by atoms with Gasteiger partial charge in [0.2, 0.25) is 5.95 Å². The van der Waals surface area contributed by atoms with Gasteiger partial charge in [0, 0.05) is 43.5 Å². The highest BCUT2D eigenvalue weighted by Gasteiger charge is 2.53. The summed E-state index contributed by atoms with van der Waals surface area (Å²) < 4.78 is 6.06. The smallest absolute Gasteiger partial charge is 0.251 e. The highest BCUT2D eigenvalue weighted by atomic mass is 16.5. The van der Waals surface area contributed by atoms with Gasteiger partial charge in [-0.1, -0.05) is 0 Å². The van der Waals surface area contributed by atoms with Crippen LogP contribution in [0.15, 0.2) is 43.0 Å². The minimum absolute atomic E-state index is 0.0525. The van der Waals surface area contributed by atoms with E-state index in [2.05, 4.69) is 25.2 Å². The molecule has 7 nitrogen and oxygen atoms in total. The maximum Gasteiger partial charge on any atom is 0.251 e. The van der Waals surface area contributed by atoms with Gasteiger partial charge in [0.05, 0.1) is 13.1 Å². The minimum Gasteiger partial charge on any atom is -0.371 e. The molecular formula is C18H21N5O2. The van der Waals surface area contributed by atoms with Crippen LogP contribution in [0.25, 0.3) is 0 Å². The molecule has 4 rings (SSSR count). The Balaban J connectivity index is 1.29. The quantitative estimate of drug-likeness (QED) is 0.884. The number of pyridine rings is 1. The molecule has 130 valence electrons. The Bertz CT molecular complexity index is 719. The fourth-order valence-corrected chi connectivity index (χ4v) is 3.70. The van der Waals surface area contributed by atoms with Crippen molar-refractivity contribution < 1.29 is 9.53 Å². The van der Waals surface area contributed by atoms with Gasteiger partial charge >= 0.3 is 0 Å². The Hall–Kier alpha value is -2.54. The molecule has 0 bridgehead atoms. The van der Waals surface area contributed by atoms with Crippen LogP contribution in [0.3, 0.4) is 0 Å². The molecule has 1 amide bonds. The number of carbonyl (C=O) groups is 1. The average Bonchev–Trinajstić information content (AvgIpc) is 3.06. The Kier molecular flexibility index (Phi) is 4.31. The third kappa shape index (κ3) is 3.19. The van der Waals surface area contributed by atoms with E-state index >= 15 is 0 Å². The zero-order valence-corrected chi connectivity index (χ0v) is 14.0. The molecule has 0 radical (unpaired) electrons. The van der Waals surface area contributed by atoms with E-state index in [0.29, 0.717) is 18.0 Å². The monoisotopic (exact) mass is 339 g/mol. The lowest BCUT2D eigenvalue weighted by molar-refractivity contribution is -0.0459. The summed E-state index contributed by atoms with van der Waals surface area (Å²) in [4.78, 5) is 26.8. The van der Waals surface area contributed by atoms with Crippen LogP contribution in [-0.4, -0.2) is 52.7 Å². The van der Waals surface area contributed by atoms with Gasteiger partial charge < -0.3 is 15.0 Å². The van der Waals surface area contributed by atoms with Gasteiger partial charge in [-0.2, -0.15) is 0 Å². The van der Waals surface area contributed by atoms with Gasteiger partial charge in [0.15, 0.2) is 0 Å². The van der Waals surface area contributed by atoms with Crippen molar-refractivity contribution >= 4 is 11.9 Å². The molecule has 2 saturated heterocycles. The van der Waals surface area contributed by atoms with Crippen molar-refractivity contribution in [2.75, 3.05) is 31.1 Å². The molecule has 0 saturated carbocycles. The summed E-state index contributed by atoms with van der Waals surface area (Å²) in [5, 5.41) is 2.99. The van der Waals surface area contributed by atoms with Crippen LogP contribution in [0.1, 0.15) is 23.2 Å². The Labute approximate surface area is 146 Å². The summed E-state index contributed by atoms with van der Waals surface area (Å²) >= 11 is 0. The first-order chi connectivity index (χ1) is 12.3. The second kappa shape index (κ2) is 6.76. The number of ether oxygens (including phenoxy) is 1. The fourth-order valence-electron chi connectivity index (χ4n) is 3.70. The van der Waals surface area contributed by atoms with E-state index in [0.717, 1.165) is 38.5 Å². The number of hydrogen-bond acceptors (Lipinski definition) is 6. The van der Waals surface area contributed by atoms with Crippen molar-refractivity contribution in [2.24, 2.45) is 5.92 Å². The number of amides is 1. The van der Waals surface area contributed by atoms with Crippen LogP contribution >= 0.6 is 0 Å². The zero-order chi connectivity index (χ0) is 17.1. The molecular weight excluding hydrogens is 318 g/mol. The van der Waals surface area contributed by atoms with Crippen molar-refractivity contribution in [1.29, 1.82) is 0 Å². The van der Waals surface area contributed by atoms with E-state index in [1.165, 1.54) is 0 Å². The first-order valence-electron chi connectivity index (χ1n) is 8.61. The molecule has 1 N–H and O–H groups in total. The number of hydrogen-bond donors (Lipinski definition) is 1. The van der Waals surface area contributed by atoms with Crippen LogP contribution in [0.5, 0.6) is 0 Å². The molecule has 2 aromatic heterocycles. The Morgan fingerprint density at radius 2 is 2.00 bits per heavy atom. The summed E-state index contributed by atoms with van der Waals surface area (Å²) in [5.74, 6) is 1.15. The third-order valence-electron chi connectivity index (χ3n) is 5.07. The maximum atomic E-state index is 12.1. The summed E-state index contributed by atoms with van der Waals surface area (Å²) in [6, 6.07) is 5.26. The Morgan fingerprint density at radius 1 is 1.24 bits per heavy atom. The van der Waals surface area contributed by atoms with Crippen molar-refractivity contribution in [3.8, 4) is 0 Å². The lowest BCUT2D eigenvalue weighted by Crippen LogP contribution is -2.65. The number of aromatic nitrogens is 3. The fraction of sp³-hybridized carbons (Fsp3) is 0.444. The molecule has 2 fully saturated rings. The van der Waals surface area contributed by atoms with Gasteiger partial charge in [0.1, 0.15) is 5.60 Å². The number of anilines is 1. The molecule has 0 aliphatic carbocycles. The lowest BCUT2D eigenvalue weighted by Gasteiger charge is -2.50. The van der Waals surface area contributed by atoms with Crippen LogP contribution in [-0.2, 0) is 4.74 Å². The topological polar surface area (TPSA) is 80.2 Å². The molecule has 0 aromatic carbocycles. The molecule has 7 heteroatoms. The molecule has 4 heterocycles. The average molecular weight is 339 g/mol. The van der Waals surface area contributed by atoms with Gasteiger partial charge in [-0.25, -0.2) is 9.97 Å². The van der Waals surface area contributed by atoms with Crippen LogP contribution < -0.4 is 10.2 Å². The highest BCUT2D eigenvalue weighted by Crippen LogP contribution is 2.42. The number of carbonyl (C=O) groups excluding carboxylic acids is 1. The van der Waals surface area contributed by atoms with Gasteiger partial charge in [-0.3, -0.25) is 9.78 Å². The van der Waals surface area contributed by atoms with Crippen molar-refractivity contribution in [2.45, 2.75) is 18.4 Å².